The van der Waals surface area contributed by atoms with Crippen molar-refractivity contribution in [2.24, 2.45) is 0 Å². The Balaban J connectivity index is 2.17. The SMILES string of the molecule is N#Cc1ccccc1NCc1cccc(Br)c1O. The smallest absolute Gasteiger partial charge is 0.134 e. The Bertz CT molecular complexity index is 605. The van der Waals surface area contributed by atoms with Crippen molar-refractivity contribution in [1.29, 1.82) is 5.26 Å². The molecule has 0 aliphatic rings. The summed E-state index contributed by atoms with van der Waals surface area (Å²) in [6.07, 6.45) is 0. The average molecular weight is 303 g/mol. The van der Waals surface area contributed by atoms with E-state index in [1.165, 1.54) is 0 Å². The van der Waals surface area contributed by atoms with Crippen LogP contribution in [0.3, 0.4) is 0 Å². The van der Waals surface area contributed by atoms with E-state index in [9.17, 15) is 5.11 Å². The number of nitriles is 1. The highest BCUT2D eigenvalue weighted by atomic mass is 79.9. The van der Waals surface area contributed by atoms with E-state index in [0.29, 0.717) is 16.6 Å². The number of hydrogen-bond acceptors (Lipinski definition) is 3. The molecule has 0 radical (unpaired) electrons. The molecule has 0 saturated heterocycles. The molecule has 0 unspecified atom stereocenters. The van der Waals surface area contributed by atoms with Crippen LogP contribution in [-0.2, 0) is 6.54 Å². The normalized spacial score (nSPS) is 9.78. The lowest BCUT2D eigenvalue weighted by atomic mass is 10.1. The second kappa shape index (κ2) is 5.56. The van der Waals surface area contributed by atoms with E-state index in [-0.39, 0.29) is 5.75 Å². The van der Waals surface area contributed by atoms with Crippen LogP contribution in [0.1, 0.15) is 11.1 Å². The van der Waals surface area contributed by atoms with E-state index in [1.807, 2.05) is 30.3 Å². The number of nitrogens with one attached hydrogen (secondary N) is 1. The summed E-state index contributed by atoms with van der Waals surface area (Å²) in [6, 6.07) is 14.9. The van der Waals surface area contributed by atoms with E-state index < -0.39 is 0 Å². The summed E-state index contributed by atoms with van der Waals surface area (Å²) in [5.41, 5.74) is 2.13. The Morgan fingerprint density at radius 1 is 1.17 bits per heavy atom. The van der Waals surface area contributed by atoms with Gasteiger partial charge in [-0.1, -0.05) is 24.3 Å². The molecule has 0 atom stereocenters. The number of halogens is 1. The fraction of sp³-hybridized carbons (Fsp3) is 0.0714. The van der Waals surface area contributed by atoms with Crippen LogP contribution < -0.4 is 5.32 Å². The summed E-state index contributed by atoms with van der Waals surface area (Å²) in [4.78, 5) is 0. The third-order valence-corrected chi connectivity index (χ3v) is 3.23. The van der Waals surface area contributed by atoms with Gasteiger partial charge in [0.25, 0.3) is 0 Å². The number of aromatic hydroxyl groups is 1. The van der Waals surface area contributed by atoms with Gasteiger partial charge in [-0.2, -0.15) is 5.26 Å². The van der Waals surface area contributed by atoms with Crippen LogP contribution in [0.2, 0.25) is 0 Å². The third kappa shape index (κ3) is 2.63. The monoisotopic (exact) mass is 302 g/mol. The Labute approximate surface area is 114 Å². The van der Waals surface area contributed by atoms with Crippen molar-refractivity contribution < 1.29 is 5.11 Å². The first kappa shape index (κ1) is 12.5. The van der Waals surface area contributed by atoms with E-state index in [1.54, 1.807) is 12.1 Å². The van der Waals surface area contributed by atoms with E-state index in [4.69, 9.17) is 5.26 Å². The van der Waals surface area contributed by atoms with Gasteiger partial charge in [-0.3, -0.25) is 0 Å². The first-order chi connectivity index (χ1) is 8.72. The summed E-state index contributed by atoms with van der Waals surface area (Å²) in [5, 5.41) is 22.0. The molecule has 4 heteroatoms. The predicted octanol–water partition coefficient (Wildman–Crippen LogP) is 3.64. The molecular formula is C14H11BrN2O. The summed E-state index contributed by atoms with van der Waals surface area (Å²) < 4.78 is 0.662. The van der Waals surface area contributed by atoms with E-state index >= 15 is 0 Å². The topological polar surface area (TPSA) is 56.0 Å². The van der Waals surface area contributed by atoms with Gasteiger partial charge in [-0.05, 0) is 34.1 Å². The molecule has 2 N–H and O–H groups in total. The highest BCUT2D eigenvalue weighted by molar-refractivity contribution is 9.10. The minimum absolute atomic E-state index is 0.222. The lowest BCUT2D eigenvalue weighted by Gasteiger charge is -2.10. The lowest BCUT2D eigenvalue weighted by Crippen LogP contribution is -2.01. The molecule has 0 heterocycles. The van der Waals surface area contributed by atoms with Crippen LogP contribution in [0.15, 0.2) is 46.9 Å². The highest BCUT2D eigenvalue weighted by Crippen LogP contribution is 2.28. The number of anilines is 1. The van der Waals surface area contributed by atoms with E-state index in [0.717, 1.165) is 11.3 Å². The van der Waals surface area contributed by atoms with Gasteiger partial charge in [0.2, 0.25) is 0 Å². The second-order valence-electron chi connectivity index (χ2n) is 3.76. The maximum atomic E-state index is 9.85. The molecule has 2 rings (SSSR count). The second-order valence-corrected chi connectivity index (χ2v) is 4.61. The van der Waals surface area contributed by atoms with Crippen molar-refractivity contribution in [2.75, 3.05) is 5.32 Å². The zero-order valence-electron chi connectivity index (χ0n) is 9.52. The Hall–Kier alpha value is -1.99. The van der Waals surface area contributed by atoms with Gasteiger partial charge in [0.05, 0.1) is 15.7 Å². The minimum Gasteiger partial charge on any atom is -0.506 e. The number of phenolic OH excluding ortho intramolecular Hbond substituents is 1. The first-order valence-electron chi connectivity index (χ1n) is 5.41. The van der Waals surface area contributed by atoms with Crippen molar-refractivity contribution in [2.45, 2.75) is 6.54 Å². The Morgan fingerprint density at radius 2 is 1.94 bits per heavy atom. The average Bonchev–Trinajstić information content (AvgIpc) is 2.41. The van der Waals surface area contributed by atoms with Crippen LogP contribution in [0.4, 0.5) is 5.69 Å². The maximum Gasteiger partial charge on any atom is 0.134 e. The van der Waals surface area contributed by atoms with Gasteiger partial charge in [0, 0.05) is 12.1 Å². The van der Waals surface area contributed by atoms with Crippen LogP contribution in [-0.4, -0.2) is 5.11 Å². The van der Waals surface area contributed by atoms with Crippen LogP contribution in [0, 0.1) is 11.3 Å². The molecule has 0 fully saturated rings. The summed E-state index contributed by atoms with van der Waals surface area (Å²) in [5.74, 6) is 0.222. The number of phenols is 1. The molecule has 0 spiro atoms. The zero-order chi connectivity index (χ0) is 13.0. The molecule has 0 aliphatic carbocycles. The molecule has 0 saturated carbocycles. The van der Waals surface area contributed by atoms with Gasteiger partial charge in [-0.25, -0.2) is 0 Å². The van der Waals surface area contributed by atoms with Crippen LogP contribution >= 0.6 is 15.9 Å². The molecule has 2 aromatic carbocycles. The summed E-state index contributed by atoms with van der Waals surface area (Å²) >= 11 is 3.27. The Kier molecular flexibility index (Phi) is 3.85. The van der Waals surface area contributed by atoms with Crippen molar-refractivity contribution in [3.63, 3.8) is 0 Å². The van der Waals surface area contributed by atoms with Gasteiger partial charge in [0.15, 0.2) is 0 Å². The molecule has 0 aliphatic heterocycles. The largest absolute Gasteiger partial charge is 0.506 e. The van der Waals surface area contributed by atoms with Gasteiger partial charge >= 0.3 is 0 Å². The molecule has 0 bridgehead atoms. The summed E-state index contributed by atoms with van der Waals surface area (Å²) in [6.45, 7) is 0.462. The molecule has 0 aromatic heterocycles. The molecule has 0 amide bonds. The standard InChI is InChI=1S/C14H11BrN2O/c15-12-6-3-5-11(14(12)18)9-17-13-7-2-1-4-10(13)8-16/h1-7,17-18H,9H2. The number of rotatable bonds is 3. The van der Waals surface area contributed by atoms with Crippen molar-refractivity contribution in [3.8, 4) is 11.8 Å². The van der Waals surface area contributed by atoms with Crippen molar-refractivity contribution in [3.05, 3.63) is 58.1 Å². The molecular weight excluding hydrogens is 292 g/mol. The van der Waals surface area contributed by atoms with Gasteiger partial charge in [-0.15, -0.1) is 0 Å². The Morgan fingerprint density at radius 3 is 2.72 bits per heavy atom. The third-order valence-electron chi connectivity index (χ3n) is 2.59. The number of para-hydroxylation sites is 2. The van der Waals surface area contributed by atoms with E-state index in [2.05, 4.69) is 27.3 Å². The minimum atomic E-state index is 0.222. The summed E-state index contributed by atoms with van der Waals surface area (Å²) in [7, 11) is 0. The van der Waals surface area contributed by atoms with Crippen LogP contribution in [0.5, 0.6) is 5.75 Å². The molecule has 90 valence electrons. The lowest BCUT2D eigenvalue weighted by molar-refractivity contribution is 0.465. The van der Waals surface area contributed by atoms with Crippen molar-refractivity contribution in [1.82, 2.24) is 0 Å². The first-order valence-corrected chi connectivity index (χ1v) is 6.21. The molecule has 18 heavy (non-hydrogen) atoms. The quantitative estimate of drug-likeness (QED) is 0.910. The number of nitrogens with zero attached hydrogens (tertiary/aromatic N) is 1. The van der Waals surface area contributed by atoms with Crippen molar-refractivity contribution >= 4 is 21.6 Å². The zero-order valence-corrected chi connectivity index (χ0v) is 11.1. The molecule has 3 nitrogen and oxygen atoms in total. The van der Waals surface area contributed by atoms with Gasteiger partial charge < -0.3 is 10.4 Å². The highest BCUT2D eigenvalue weighted by Gasteiger charge is 2.05. The predicted molar refractivity (Wildman–Crippen MR) is 74.3 cm³/mol. The fourth-order valence-electron chi connectivity index (χ4n) is 1.63. The maximum absolute atomic E-state index is 9.85. The van der Waals surface area contributed by atoms with Gasteiger partial charge in [0.1, 0.15) is 11.8 Å². The number of benzene rings is 2. The molecule has 2 aromatic rings. The fourth-order valence-corrected chi connectivity index (χ4v) is 2.04. The number of hydrogen-bond donors (Lipinski definition) is 2. The van der Waals surface area contributed by atoms with Crippen LogP contribution in [0.25, 0.3) is 0 Å².